The summed E-state index contributed by atoms with van der Waals surface area (Å²) in [6.07, 6.45) is 5.70. The molecule has 7 nitrogen and oxygen atoms in total. The Bertz CT molecular complexity index is 1220. The van der Waals surface area contributed by atoms with Crippen LogP contribution < -0.4 is 15.4 Å². The Morgan fingerprint density at radius 1 is 1.16 bits per heavy atom. The number of rotatable bonds is 5. The molecule has 0 saturated carbocycles. The maximum atomic E-state index is 8.96. The standard InChI is InChI=1S/C24H27N5O2/c1-24(25)8-11-28(12-9-24)20-4-2-3-17-5-6-19(27-23(17)20)21-16-26-22-15-18(31-14-13-30)7-10-29(21)22/h2-7,10,15-16,30H,8-9,11-14,25H2,1H3. The van der Waals surface area contributed by atoms with Gasteiger partial charge >= 0.3 is 0 Å². The predicted octanol–water partition coefficient (Wildman–Crippen LogP) is 3.24. The van der Waals surface area contributed by atoms with Crippen molar-refractivity contribution >= 4 is 22.2 Å². The highest BCUT2D eigenvalue weighted by Gasteiger charge is 2.27. The minimum absolute atomic E-state index is 0.0181. The second kappa shape index (κ2) is 7.83. The highest BCUT2D eigenvalue weighted by molar-refractivity contribution is 5.92. The number of aromatic nitrogens is 3. The molecule has 31 heavy (non-hydrogen) atoms. The van der Waals surface area contributed by atoms with E-state index in [1.54, 1.807) is 0 Å². The van der Waals surface area contributed by atoms with E-state index in [4.69, 9.17) is 20.6 Å². The first-order chi connectivity index (χ1) is 15.0. The third kappa shape index (κ3) is 3.82. The van der Waals surface area contributed by atoms with Crippen molar-refractivity contribution < 1.29 is 9.84 Å². The lowest BCUT2D eigenvalue weighted by Gasteiger charge is -2.38. The number of anilines is 1. The number of aliphatic hydroxyl groups is 1. The summed E-state index contributed by atoms with van der Waals surface area (Å²) in [6.45, 7) is 4.25. The Hall–Kier alpha value is -3.16. The van der Waals surface area contributed by atoms with Crippen molar-refractivity contribution in [3.63, 3.8) is 0 Å². The molecule has 1 aromatic carbocycles. The molecule has 0 bridgehead atoms. The molecule has 4 heterocycles. The number of para-hydroxylation sites is 1. The van der Waals surface area contributed by atoms with Crippen LogP contribution in [0.5, 0.6) is 5.75 Å². The van der Waals surface area contributed by atoms with Gasteiger partial charge in [0, 0.05) is 36.3 Å². The van der Waals surface area contributed by atoms with Gasteiger partial charge < -0.3 is 20.5 Å². The average Bonchev–Trinajstić information content (AvgIpc) is 3.20. The van der Waals surface area contributed by atoms with Gasteiger partial charge in [-0.25, -0.2) is 9.97 Å². The van der Waals surface area contributed by atoms with E-state index in [2.05, 4.69) is 41.1 Å². The molecule has 0 atom stereocenters. The molecule has 0 unspecified atom stereocenters. The van der Waals surface area contributed by atoms with Crippen LogP contribution in [0.15, 0.2) is 54.9 Å². The van der Waals surface area contributed by atoms with Crippen LogP contribution in [0, 0.1) is 0 Å². The molecule has 0 aliphatic carbocycles. The Kier molecular flexibility index (Phi) is 5.00. The summed E-state index contributed by atoms with van der Waals surface area (Å²) in [5, 5.41) is 10.1. The molecule has 0 amide bonds. The summed E-state index contributed by atoms with van der Waals surface area (Å²) in [7, 11) is 0. The monoisotopic (exact) mass is 417 g/mol. The summed E-state index contributed by atoms with van der Waals surface area (Å²) in [5.41, 5.74) is 11.0. The van der Waals surface area contributed by atoms with Gasteiger partial charge in [0.05, 0.1) is 35.4 Å². The van der Waals surface area contributed by atoms with Crippen LogP contribution in [0.4, 0.5) is 5.69 Å². The van der Waals surface area contributed by atoms with Crippen LogP contribution in [0.25, 0.3) is 27.9 Å². The van der Waals surface area contributed by atoms with Crippen molar-refractivity contribution in [1.29, 1.82) is 0 Å². The van der Waals surface area contributed by atoms with E-state index in [1.807, 2.05) is 35.0 Å². The van der Waals surface area contributed by atoms with Crippen LogP contribution in [-0.4, -0.2) is 51.3 Å². The van der Waals surface area contributed by atoms with E-state index in [-0.39, 0.29) is 18.8 Å². The quantitative estimate of drug-likeness (QED) is 0.518. The molecule has 1 aliphatic rings. The van der Waals surface area contributed by atoms with E-state index in [1.165, 1.54) is 0 Å². The fourth-order valence-corrected chi connectivity index (χ4v) is 4.19. The molecule has 4 aromatic rings. The Labute approximate surface area is 181 Å². The first kappa shape index (κ1) is 19.8. The second-order valence-electron chi connectivity index (χ2n) is 8.49. The number of hydrogen-bond donors (Lipinski definition) is 2. The van der Waals surface area contributed by atoms with Gasteiger partial charge in [-0.15, -0.1) is 0 Å². The van der Waals surface area contributed by atoms with Crippen LogP contribution >= 0.6 is 0 Å². The number of pyridine rings is 2. The average molecular weight is 418 g/mol. The fraction of sp³-hybridized carbons (Fsp3) is 0.333. The van der Waals surface area contributed by atoms with E-state index >= 15 is 0 Å². The molecule has 3 aromatic heterocycles. The van der Waals surface area contributed by atoms with Crippen LogP contribution in [0.2, 0.25) is 0 Å². The maximum Gasteiger partial charge on any atom is 0.140 e. The summed E-state index contributed by atoms with van der Waals surface area (Å²) in [6, 6.07) is 14.2. The topological polar surface area (TPSA) is 88.9 Å². The van der Waals surface area contributed by atoms with Gasteiger partial charge in [0.15, 0.2) is 0 Å². The number of benzene rings is 1. The first-order valence-corrected chi connectivity index (χ1v) is 10.7. The molecule has 5 rings (SSSR count). The zero-order valence-electron chi connectivity index (χ0n) is 17.7. The van der Waals surface area contributed by atoms with Gasteiger partial charge in [0.25, 0.3) is 0 Å². The summed E-state index contributed by atoms with van der Waals surface area (Å²) in [5.74, 6) is 0.685. The van der Waals surface area contributed by atoms with Crippen LogP contribution in [0.3, 0.4) is 0 Å². The van der Waals surface area contributed by atoms with Crippen molar-refractivity contribution in [3.05, 3.63) is 54.9 Å². The van der Waals surface area contributed by atoms with Crippen molar-refractivity contribution in [2.24, 2.45) is 5.73 Å². The predicted molar refractivity (Wildman–Crippen MR) is 123 cm³/mol. The SMILES string of the molecule is CC1(N)CCN(c2cccc3ccc(-c4cnc5cc(OCCO)ccn45)nc23)CC1. The summed E-state index contributed by atoms with van der Waals surface area (Å²) >= 11 is 0. The van der Waals surface area contributed by atoms with Crippen molar-refractivity contribution in [1.82, 2.24) is 14.4 Å². The van der Waals surface area contributed by atoms with Gasteiger partial charge in [0.1, 0.15) is 18.0 Å². The molecular formula is C24H27N5O2. The lowest BCUT2D eigenvalue weighted by Crippen LogP contribution is -2.48. The first-order valence-electron chi connectivity index (χ1n) is 10.7. The van der Waals surface area contributed by atoms with Gasteiger partial charge in [0.2, 0.25) is 0 Å². The minimum Gasteiger partial charge on any atom is -0.491 e. The third-order valence-corrected chi connectivity index (χ3v) is 6.05. The molecule has 1 saturated heterocycles. The van der Waals surface area contributed by atoms with Crippen LogP contribution in [-0.2, 0) is 0 Å². The summed E-state index contributed by atoms with van der Waals surface area (Å²) < 4.78 is 7.50. The zero-order chi connectivity index (χ0) is 21.4. The van der Waals surface area contributed by atoms with E-state index in [0.717, 1.165) is 59.6 Å². The van der Waals surface area contributed by atoms with Crippen molar-refractivity contribution in [2.75, 3.05) is 31.2 Å². The van der Waals surface area contributed by atoms with Crippen molar-refractivity contribution in [3.8, 4) is 17.1 Å². The van der Waals surface area contributed by atoms with Gasteiger partial charge in [-0.3, -0.25) is 4.40 Å². The molecule has 0 radical (unpaired) electrons. The Morgan fingerprint density at radius 2 is 2.00 bits per heavy atom. The lowest BCUT2D eigenvalue weighted by atomic mass is 9.90. The zero-order valence-corrected chi connectivity index (χ0v) is 17.7. The van der Waals surface area contributed by atoms with Crippen LogP contribution in [0.1, 0.15) is 19.8 Å². The number of fused-ring (bicyclic) bond motifs is 2. The van der Waals surface area contributed by atoms with Gasteiger partial charge in [-0.05, 0) is 38.0 Å². The number of ether oxygens (including phenoxy) is 1. The molecule has 0 spiro atoms. The Balaban J connectivity index is 1.53. The van der Waals surface area contributed by atoms with Gasteiger partial charge in [-0.1, -0.05) is 18.2 Å². The Morgan fingerprint density at radius 3 is 2.81 bits per heavy atom. The second-order valence-corrected chi connectivity index (χ2v) is 8.49. The van der Waals surface area contributed by atoms with E-state index in [0.29, 0.717) is 5.75 Å². The minimum atomic E-state index is -0.0874. The fourth-order valence-electron chi connectivity index (χ4n) is 4.19. The number of nitrogens with zero attached hydrogens (tertiary/aromatic N) is 4. The number of nitrogens with two attached hydrogens (primary N) is 1. The molecule has 3 N–H and O–H groups in total. The molecule has 7 heteroatoms. The molecule has 160 valence electrons. The lowest BCUT2D eigenvalue weighted by molar-refractivity contribution is 0.201. The number of piperidine rings is 1. The molecule has 1 aliphatic heterocycles. The third-order valence-electron chi connectivity index (χ3n) is 6.05. The maximum absolute atomic E-state index is 8.96. The van der Waals surface area contributed by atoms with E-state index < -0.39 is 0 Å². The highest BCUT2D eigenvalue weighted by atomic mass is 16.5. The highest BCUT2D eigenvalue weighted by Crippen LogP contribution is 2.32. The van der Waals surface area contributed by atoms with Crippen molar-refractivity contribution in [2.45, 2.75) is 25.3 Å². The smallest absolute Gasteiger partial charge is 0.140 e. The largest absolute Gasteiger partial charge is 0.491 e. The normalized spacial score (nSPS) is 16.2. The molecule has 1 fully saturated rings. The van der Waals surface area contributed by atoms with E-state index in [9.17, 15) is 0 Å². The number of hydrogen-bond acceptors (Lipinski definition) is 6. The van der Waals surface area contributed by atoms with Gasteiger partial charge in [-0.2, -0.15) is 0 Å². The number of imidazole rings is 1. The summed E-state index contributed by atoms with van der Waals surface area (Å²) in [4.78, 5) is 12.0. The molecular weight excluding hydrogens is 390 g/mol. The number of aliphatic hydroxyl groups excluding tert-OH is 1.